The zero-order valence-corrected chi connectivity index (χ0v) is 9.21. The maximum atomic E-state index is 13.1. The van der Waals surface area contributed by atoms with Gasteiger partial charge in [-0.1, -0.05) is 12.1 Å². The van der Waals surface area contributed by atoms with Gasteiger partial charge >= 0.3 is 6.18 Å². The number of hydrogen-bond donors (Lipinski definition) is 0. The fraction of sp³-hybridized carbons (Fsp3) is 0.154. The lowest BCUT2D eigenvalue weighted by molar-refractivity contribution is -0.140. The molecule has 0 amide bonds. The minimum Gasteiger partial charge on any atom is -0.261 e. The van der Waals surface area contributed by atoms with Gasteiger partial charge in [-0.3, -0.25) is 4.98 Å². The molecule has 0 aliphatic heterocycles. The van der Waals surface area contributed by atoms with Crippen LogP contribution < -0.4 is 0 Å². The summed E-state index contributed by atoms with van der Waals surface area (Å²) in [6.45, 7) is 0. The van der Waals surface area contributed by atoms with Crippen LogP contribution in [-0.4, -0.2) is 4.98 Å². The summed E-state index contributed by atoms with van der Waals surface area (Å²) in [5.74, 6) is -1.26. The third-order valence-corrected chi connectivity index (χ3v) is 2.45. The molecule has 0 aliphatic rings. The number of pyridine rings is 1. The molecule has 0 saturated carbocycles. The van der Waals surface area contributed by atoms with Crippen molar-refractivity contribution in [2.75, 3.05) is 0 Å². The molecular weight excluding hydrogens is 246 g/mol. The van der Waals surface area contributed by atoms with E-state index in [1.165, 1.54) is 6.07 Å². The predicted octanol–water partition coefficient (Wildman–Crippen LogP) is 3.83. The smallest absolute Gasteiger partial charge is 0.261 e. The van der Waals surface area contributed by atoms with Crippen LogP contribution in [0.3, 0.4) is 0 Å². The first-order chi connectivity index (χ1) is 8.47. The molecular formula is C13H9F4N. The van der Waals surface area contributed by atoms with Gasteiger partial charge in [-0.25, -0.2) is 4.39 Å². The highest BCUT2D eigenvalue weighted by Gasteiger charge is 2.34. The quantitative estimate of drug-likeness (QED) is 0.743. The van der Waals surface area contributed by atoms with Crippen LogP contribution in [0.5, 0.6) is 0 Å². The number of hydrogen-bond acceptors (Lipinski definition) is 1. The number of benzene rings is 1. The van der Waals surface area contributed by atoms with Crippen molar-refractivity contribution in [1.82, 2.24) is 4.98 Å². The van der Waals surface area contributed by atoms with Crippen molar-refractivity contribution in [3.63, 3.8) is 0 Å². The molecule has 0 atom stereocenters. The highest BCUT2D eigenvalue weighted by Crippen LogP contribution is 2.32. The first-order valence-electron chi connectivity index (χ1n) is 5.22. The van der Waals surface area contributed by atoms with Gasteiger partial charge in [0.25, 0.3) is 0 Å². The van der Waals surface area contributed by atoms with Gasteiger partial charge in [-0.2, -0.15) is 13.2 Å². The van der Waals surface area contributed by atoms with E-state index in [4.69, 9.17) is 0 Å². The second kappa shape index (κ2) is 4.76. The number of halogens is 4. The van der Waals surface area contributed by atoms with E-state index < -0.39 is 17.6 Å². The molecule has 0 saturated heterocycles. The average molecular weight is 255 g/mol. The van der Waals surface area contributed by atoms with Gasteiger partial charge in [0.1, 0.15) is 5.82 Å². The Balaban J connectivity index is 2.31. The van der Waals surface area contributed by atoms with Gasteiger partial charge in [0.15, 0.2) is 0 Å². The normalized spacial score (nSPS) is 11.6. The van der Waals surface area contributed by atoms with Gasteiger partial charge in [0.2, 0.25) is 0 Å². The Morgan fingerprint density at radius 1 is 1.06 bits per heavy atom. The van der Waals surface area contributed by atoms with Gasteiger partial charge in [-0.05, 0) is 29.8 Å². The Labute approximate surface area is 101 Å². The van der Waals surface area contributed by atoms with Crippen molar-refractivity contribution >= 4 is 0 Å². The minimum absolute atomic E-state index is 0.240. The minimum atomic E-state index is -4.68. The Kier molecular flexibility index (Phi) is 3.32. The Morgan fingerprint density at radius 2 is 1.83 bits per heavy atom. The second-order valence-electron chi connectivity index (χ2n) is 3.81. The van der Waals surface area contributed by atoms with Crippen LogP contribution >= 0.6 is 0 Å². The maximum Gasteiger partial charge on any atom is 0.419 e. The molecule has 1 nitrogen and oxygen atoms in total. The van der Waals surface area contributed by atoms with E-state index in [1.54, 1.807) is 24.4 Å². The third kappa shape index (κ3) is 2.85. The van der Waals surface area contributed by atoms with Crippen molar-refractivity contribution in [2.24, 2.45) is 0 Å². The average Bonchev–Trinajstić information content (AvgIpc) is 2.31. The summed E-state index contributed by atoms with van der Waals surface area (Å²) in [5.41, 5.74) is -0.226. The molecule has 1 aromatic carbocycles. The van der Waals surface area contributed by atoms with Crippen LogP contribution in [0.2, 0.25) is 0 Å². The van der Waals surface area contributed by atoms with Crippen molar-refractivity contribution in [3.05, 3.63) is 65.2 Å². The number of aromatic nitrogens is 1. The van der Waals surface area contributed by atoms with E-state index in [0.717, 1.165) is 12.1 Å². The molecule has 0 radical (unpaired) electrons. The lowest BCUT2D eigenvalue weighted by atomic mass is 10.1. The monoisotopic (exact) mass is 255 g/mol. The predicted molar refractivity (Wildman–Crippen MR) is 58.4 cm³/mol. The highest BCUT2D eigenvalue weighted by molar-refractivity contribution is 5.30. The topological polar surface area (TPSA) is 12.9 Å². The van der Waals surface area contributed by atoms with E-state index in [1.807, 2.05) is 0 Å². The maximum absolute atomic E-state index is 13.1. The molecule has 1 aromatic heterocycles. The molecule has 1 heterocycles. The summed E-state index contributed by atoms with van der Waals surface area (Å²) in [5, 5.41) is 0. The molecule has 5 heteroatoms. The van der Waals surface area contributed by atoms with Gasteiger partial charge in [-0.15, -0.1) is 0 Å². The van der Waals surface area contributed by atoms with Gasteiger partial charge in [0, 0.05) is 18.3 Å². The first-order valence-corrected chi connectivity index (χ1v) is 5.22. The first kappa shape index (κ1) is 12.5. The fourth-order valence-electron chi connectivity index (χ4n) is 1.61. The van der Waals surface area contributed by atoms with Crippen molar-refractivity contribution < 1.29 is 17.6 Å². The summed E-state index contributed by atoms with van der Waals surface area (Å²) in [6.07, 6.45) is -2.88. The second-order valence-corrected chi connectivity index (χ2v) is 3.81. The van der Waals surface area contributed by atoms with Gasteiger partial charge < -0.3 is 0 Å². The number of alkyl halides is 3. The Hall–Kier alpha value is -1.91. The lowest BCUT2D eigenvalue weighted by Crippen LogP contribution is -2.09. The SMILES string of the molecule is Fc1ccc(Cc2ccccn2)cc1C(F)(F)F. The molecule has 2 rings (SSSR count). The van der Waals surface area contributed by atoms with Crippen LogP contribution in [0, 0.1) is 5.82 Å². The summed E-state index contributed by atoms with van der Waals surface area (Å²) in [7, 11) is 0. The lowest BCUT2D eigenvalue weighted by Gasteiger charge is -2.09. The summed E-state index contributed by atoms with van der Waals surface area (Å²) < 4.78 is 50.6. The van der Waals surface area contributed by atoms with Crippen LogP contribution in [0.15, 0.2) is 42.6 Å². The summed E-state index contributed by atoms with van der Waals surface area (Å²) in [4.78, 5) is 4.01. The largest absolute Gasteiger partial charge is 0.419 e. The van der Waals surface area contributed by atoms with Crippen molar-refractivity contribution in [1.29, 1.82) is 0 Å². The molecule has 0 unspecified atom stereocenters. The van der Waals surface area contributed by atoms with E-state index in [2.05, 4.69) is 4.98 Å². The molecule has 0 fully saturated rings. The molecule has 0 N–H and O–H groups in total. The van der Waals surface area contributed by atoms with E-state index in [-0.39, 0.29) is 6.42 Å². The summed E-state index contributed by atoms with van der Waals surface area (Å²) in [6, 6.07) is 8.16. The van der Waals surface area contributed by atoms with Crippen LogP contribution in [0.25, 0.3) is 0 Å². The zero-order valence-electron chi connectivity index (χ0n) is 9.21. The van der Waals surface area contributed by atoms with E-state index in [9.17, 15) is 17.6 Å². The Bertz CT molecular complexity index is 534. The molecule has 0 bridgehead atoms. The molecule has 2 aromatic rings. The number of nitrogens with zero attached hydrogens (tertiary/aromatic N) is 1. The third-order valence-electron chi connectivity index (χ3n) is 2.45. The fourth-order valence-corrected chi connectivity index (χ4v) is 1.61. The molecule has 18 heavy (non-hydrogen) atoms. The highest BCUT2D eigenvalue weighted by atomic mass is 19.4. The Morgan fingerprint density at radius 3 is 2.44 bits per heavy atom. The van der Waals surface area contributed by atoms with E-state index >= 15 is 0 Å². The standard InChI is InChI=1S/C13H9F4N/c14-12-5-4-9(8-11(12)13(15,16)17)7-10-3-1-2-6-18-10/h1-6,8H,7H2. The molecule has 94 valence electrons. The molecule has 0 aliphatic carbocycles. The zero-order chi connectivity index (χ0) is 13.2. The van der Waals surface area contributed by atoms with Crippen LogP contribution in [-0.2, 0) is 12.6 Å². The van der Waals surface area contributed by atoms with Crippen LogP contribution in [0.1, 0.15) is 16.8 Å². The van der Waals surface area contributed by atoms with Crippen molar-refractivity contribution in [3.8, 4) is 0 Å². The summed E-state index contributed by atoms with van der Waals surface area (Å²) >= 11 is 0. The number of rotatable bonds is 2. The van der Waals surface area contributed by atoms with Gasteiger partial charge in [0.05, 0.1) is 5.56 Å². The molecule has 0 spiro atoms. The van der Waals surface area contributed by atoms with Crippen LogP contribution in [0.4, 0.5) is 17.6 Å². The van der Waals surface area contributed by atoms with E-state index in [0.29, 0.717) is 11.3 Å². The van der Waals surface area contributed by atoms with Crippen molar-refractivity contribution in [2.45, 2.75) is 12.6 Å².